The van der Waals surface area contributed by atoms with Crippen molar-refractivity contribution in [2.24, 2.45) is 0 Å². The molecule has 2 N–H and O–H groups in total. The molecule has 0 bridgehead atoms. The fraction of sp³-hybridized carbons (Fsp3) is 0.167. The Labute approximate surface area is 113 Å². The summed E-state index contributed by atoms with van der Waals surface area (Å²) in [5.41, 5.74) is 0.532. The van der Waals surface area contributed by atoms with Crippen molar-refractivity contribution in [3.63, 3.8) is 0 Å². The summed E-state index contributed by atoms with van der Waals surface area (Å²) >= 11 is 6.10. The van der Waals surface area contributed by atoms with Gasteiger partial charge in [-0.15, -0.1) is 0 Å². The molecule has 1 aromatic carbocycles. The summed E-state index contributed by atoms with van der Waals surface area (Å²) in [4.78, 5) is 10.8. The second-order valence-corrected chi connectivity index (χ2v) is 4.19. The first kappa shape index (κ1) is 13.2. The first-order valence-electron chi connectivity index (χ1n) is 5.22. The molecule has 0 aliphatic carbocycles. The van der Waals surface area contributed by atoms with E-state index in [1.165, 1.54) is 13.2 Å². The molecular formula is C12H10ClNO5. The van der Waals surface area contributed by atoms with E-state index in [0.717, 1.165) is 0 Å². The highest BCUT2D eigenvalue weighted by Gasteiger charge is 2.22. The Balaban J connectivity index is 2.66. The van der Waals surface area contributed by atoms with E-state index >= 15 is 0 Å². The van der Waals surface area contributed by atoms with E-state index in [1.54, 1.807) is 13.0 Å². The van der Waals surface area contributed by atoms with Crippen molar-refractivity contribution in [3.05, 3.63) is 28.4 Å². The molecule has 0 radical (unpaired) electrons. The van der Waals surface area contributed by atoms with Crippen molar-refractivity contribution in [1.29, 1.82) is 0 Å². The van der Waals surface area contributed by atoms with Crippen LogP contribution in [0.2, 0.25) is 5.02 Å². The molecular weight excluding hydrogens is 274 g/mol. The van der Waals surface area contributed by atoms with Crippen LogP contribution in [0.4, 0.5) is 0 Å². The van der Waals surface area contributed by atoms with Crippen molar-refractivity contribution in [1.82, 2.24) is 5.16 Å². The van der Waals surface area contributed by atoms with Crippen LogP contribution in [0.25, 0.3) is 11.3 Å². The number of carboxylic acid groups (broad SMARTS) is 1. The van der Waals surface area contributed by atoms with E-state index in [1.807, 2.05) is 0 Å². The second-order valence-electron chi connectivity index (χ2n) is 3.81. The number of aromatic hydroxyl groups is 1. The predicted octanol–water partition coefficient (Wildman–Crippen LogP) is 2.72. The van der Waals surface area contributed by atoms with E-state index < -0.39 is 5.97 Å². The van der Waals surface area contributed by atoms with Gasteiger partial charge < -0.3 is 19.5 Å². The number of rotatable bonds is 3. The molecule has 0 fully saturated rings. The second kappa shape index (κ2) is 4.81. The normalized spacial score (nSPS) is 10.5. The van der Waals surface area contributed by atoms with Crippen LogP contribution >= 0.6 is 11.6 Å². The molecule has 19 heavy (non-hydrogen) atoms. The highest BCUT2D eigenvalue weighted by molar-refractivity contribution is 6.34. The molecule has 0 aliphatic heterocycles. The Morgan fingerprint density at radius 3 is 2.68 bits per heavy atom. The lowest BCUT2D eigenvalue weighted by molar-refractivity contribution is 0.0686. The van der Waals surface area contributed by atoms with Gasteiger partial charge in [-0.1, -0.05) is 16.8 Å². The molecule has 0 unspecified atom stereocenters. The van der Waals surface area contributed by atoms with Crippen molar-refractivity contribution in [3.8, 4) is 22.8 Å². The fourth-order valence-electron chi connectivity index (χ4n) is 1.63. The van der Waals surface area contributed by atoms with Gasteiger partial charge in [0.1, 0.15) is 0 Å². The van der Waals surface area contributed by atoms with Gasteiger partial charge in [-0.2, -0.15) is 0 Å². The highest BCUT2D eigenvalue weighted by atomic mass is 35.5. The molecule has 6 nitrogen and oxygen atoms in total. The molecule has 0 amide bonds. The zero-order valence-electron chi connectivity index (χ0n) is 10.1. The summed E-state index contributed by atoms with van der Waals surface area (Å²) in [6.45, 7) is 1.72. The number of carboxylic acids is 1. The maximum Gasteiger partial charge on any atom is 0.358 e. The molecule has 1 heterocycles. The van der Waals surface area contributed by atoms with Crippen LogP contribution in [0.5, 0.6) is 11.5 Å². The van der Waals surface area contributed by atoms with E-state index in [-0.39, 0.29) is 33.5 Å². The monoisotopic (exact) mass is 283 g/mol. The Hall–Kier alpha value is -2.21. The summed E-state index contributed by atoms with van der Waals surface area (Å²) in [6, 6.07) is 2.75. The number of ether oxygens (including phenoxy) is 1. The maximum atomic E-state index is 10.8. The van der Waals surface area contributed by atoms with Gasteiger partial charge in [-0.05, 0) is 18.6 Å². The number of benzene rings is 1. The average Bonchev–Trinajstić information content (AvgIpc) is 2.83. The number of aryl methyl sites for hydroxylation is 1. The van der Waals surface area contributed by atoms with Crippen LogP contribution in [0.15, 0.2) is 16.7 Å². The SMILES string of the molecule is COc1cc(C)c(Cl)c(-c2cc(C(=O)O)no2)c1O. The minimum Gasteiger partial charge on any atom is -0.504 e. The van der Waals surface area contributed by atoms with Crippen LogP contribution in [-0.4, -0.2) is 28.4 Å². The standard InChI is InChI=1S/C12H10ClNO5/c1-5-3-8(18-2)11(15)9(10(5)13)7-4-6(12(16)17)14-19-7/h3-4,15H,1-2H3,(H,16,17). The van der Waals surface area contributed by atoms with E-state index in [4.69, 9.17) is 26.0 Å². The van der Waals surface area contributed by atoms with Gasteiger partial charge in [0.2, 0.25) is 0 Å². The number of hydrogen-bond acceptors (Lipinski definition) is 5. The van der Waals surface area contributed by atoms with Crippen LogP contribution in [0.1, 0.15) is 16.1 Å². The quantitative estimate of drug-likeness (QED) is 0.899. The molecule has 2 aromatic rings. The van der Waals surface area contributed by atoms with Crippen molar-refractivity contribution in [2.75, 3.05) is 7.11 Å². The third-order valence-electron chi connectivity index (χ3n) is 2.58. The van der Waals surface area contributed by atoms with Gasteiger partial charge in [0.25, 0.3) is 0 Å². The largest absolute Gasteiger partial charge is 0.504 e. The minimum absolute atomic E-state index is 0.0573. The number of hydrogen-bond donors (Lipinski definition) is 2. The number of nitrogens with zero attached hydrogens (tertiary/aromatic N) is 1. The lowest BCUT2D eigenvalue weighted by Gasteiger charge is -2.10. The Kier molecular flexibility index (Phi) is 3.35. The van der Waals surface area contributed by atoms with Crippen LogP contribution in [0.3, 0.4) is 0 Å². The molecule has 0 spiro atoms. The van der Waals surface area contributed by atoms with Crippen LogP contribution in [0, 0.1) is 6.92 Å². The lowest BCUT2D eigenvalue weighted by Crippen LogP contribution is -1.94. The summed E-state index contributed by atoms with van der Waals surface area (Å²) in [5, 5.41) is 22.5. The van der Waals surface area contributed by atoms with Crippen LogP contribution < -0.4 is 4.74 Å². The molecule has 2 rings (SSSR count). The van der Waals surface area contributed by atoms with E-state index in [0.29, 0.717) is 5.56 Å². The first-order valence-corrected chi connectivity index (χ1v) is 5.60. The van der Waals surface area contributed by atoms with Gasteiger partial charge >= 0.3 is 5.97 Å². The molecule has 100 valence electrons. The highest BCUT2D eigenvalue weighted by Crippen LogP contribution is 2.44. The molecule has 7 heteroatoms. The Morgan fingerprint density at radius 1 is 1.47 bits per heavy atom. The molecule has 0 saturated heterocycles. The van der Waals surface area contributed by atoms with Gasteiger partial charge in [-0.25, -0.2) is 4.79 Å². The number of aromatic carboxylic acids is 1. The first-order chi connectivity index (χ1) is 8.95. The van der Waals surface area contributed by atoms with Gasteiger partial charge in [0.15, 0.2) is 23.0 Å². The Morgan fingerprint density at radius 2 is 2.16 bits per heavy atom. The topological polar surface area (TPSA) is 92.8 Å². The number of phenols is 1. The predicted molar refractivity (Wildman–Crippen MR) is 66.9 cm³/mol. The Bertz CT molecular complexity index is 650. The summed E-state index contributed by atoms with van der Waals surface area (Å²) in [5.74, 6) is -1.19. The van der Waals surface area contributed by atoms with Gasteiger partial charge in [0, 0.05) is 6.07 Å². The average molecular weight is 284 g/mol. The zero-order valence-corrected chi connectivity index (χ0v) is 10.9. The third-order valence-corrected chi connectivity index (χ3v) is 3.07. The minimum atomic E-state index is -1.23. The summed E-state index contributed by atoms with van der Waals surface area (Å²) < 4.78 is 9.91. The number of phenolic OH excluding ortho intramolecular Hbond substituents is 1. The van der Waals surface area contributed by atoms with E-state index in [2.05, 4.69) is 5.16 Å². The third kappa shape index (κ3) is 2.22. The maximum absolute atomic E-state index is 10.8. The van der Waals surface area contributed by atoms with Crippen molar-refractivity contribution >= 4 is 17.6 Å². The van der Waals surface area contributed by atoms with Crippen molar-refractivity contribution in [2.45, 2.75) is 6.92 Å². The summed E-state index contributed by atoms with van der Waals surface area (Å²) in [7, 11) is 1.40. The van der Waals surface area contributed by atoms with Gasteiger partial charge in [0.05, 0.1) is 17.7 Å². The van der Waals surface area contributed by atoms with Gasteiger partial charge in [-0.3, -0.25) is 0 Å². The number of methoxy groups -OCH3 is 1. The fourth-order valence-corrected chi connectivity index (χ4v) is 1.86. The molecule has 0 aliphatic rings. The lowest BCUT2D eigenvalue weighted by atomic mass is 10.1. The molecule has 1 aromatic heterocycles. The number of carbonyl (C=O) groups is 1. The smallest absolute Gasteiger partial charge is 0.358 e. The summed E-state index contributed by atoms with van der Waals surface area (Å²) in [6.07, 6.45) is 0. The van der Waals surface area contributed by atoms with Crippen LogP contribution in [-0.2, 0) is 0 Å². The molecule has 0 saturated carbocycles. The van der Waals surface area contributed by atoms with E-state index in [9.17, 15) is 9.90 Å². The number of aromatic nitrogens is 1. The van der Waals surface area contributed by atoms with Crippen molar-refractivity contribution < 1.29 is 24.3 Å². The zero-order chi connectivity index (χ0) is 14.2. The number of halogens is 1. The molecule has 0 atom stereocenters.